The number of guanidine groups is 1. The summed E-state index contributed by atoms with van der Waals surface area (Å²) in [6, 6.07) is 1.82. The highest BCUT2D eigenvalue weighted by molar-refractivity contribution is 7.98. The zero-order valence-corrected chi connectivity index (χ0v) is 9.78. The van der Waals surface area contributed by atoms with Crippen molar-refractivity contribution in [1.82, 2.24) is 10.1 Å². The number of aromatic nitrogens is 1. The molecular formula is C9H13N5OS. The predicted octanol–water partition coefficient (Wildman–Crippen LogP) is 0.635. The molecule has 1 aromatic rings. The van der Waals surface area contributed by atoms with E-state index in [4.69, 9.17) is 15.5 Å². The lowest BCUT2D eigenvalue weighted by Crippen LogP contribution is -2.34. The average Bonchev–Trinajstić information content (AvgIpc) is 2.81. The summed E-state index contributed by atoms with van der Waals surface area (Å²) >= 11 is 1.66. The van der Waals surface area contributed by atoms with E-state index in [1.54, 1.807) is 25.1 Å². The molecule has 0 atom stereocenters. The molecule has 0 saturated carbocycles. The second-order valence-corrected chi connectivity index (χ2v) is 3.98. The molecule has 0 amide bonds. The van der Waals surface area contributed by atoms with Crippen LogP contribution in [0.4, 0.5) is 0 Å². The molecule has 0 aliphatic carbocycles. The Kier molecular flexibility index (Phi) is 5.22. The van der Waals surface area contributed by atoms with E-state index in [2.05, 4.69) is 10.1 Å². The van der Waals surface area contributed by atoms with E-state index >= 15 is 0 Å². The molecule has 16 heavy (non-hydrogen) atoms. The third kappa shape index (κ3) is 3.82. The van der Waals surface area contributed by atoms with Crippen LogP contribution >= 0.6 is 11.8 Å². The third-order valence-electron chi connectivity index (χ3n) is 1.83. The van der Waals surface area contributed by atoms with Gasteiger partial charge in [-0.2, -0.15) is 17.0 Å². The molecule has 86 valence electrons. The topological polar surface area (TPSA) is 91.4 Å². The second-order valence-electron chi connectivity index (χ2n) is 2.88. The van der Waals surface area contributed by atoms with Crippen LogP contribution in [0.5, 0.6) is 0 Å². The maximum Gasteiger partial charge on any atom is 0.204 e. The number of hydrogen-bond acceptors (Lipinski definition) is 5. The minimum atomic E-state index is 0.240. The molecule has 0 aliphatic heterocycles. The maximum absolute atomic E-state index is 8.79. The Balaban J connectivity index is 2.22. The van der Waals surface area contributed by atoms with Gasteiger partial charge >= 0.3 is 0 Å². The van der Waals surface area contributed by atoms with Gasteiger partial charge in [-0.3, -0.25) is 4.99 Å². The van der Waals surface area contributed by atoms with Gasteiger partial charge in [0.1, 0.15) is 6.26 Å². The molecule has 0 bridgehead atoms. The van der Waals surface area contributed by atoms with Crippen LogP contribution in [0.1, 0.15) is 5.69 Å². The van der Waals surface area contributed by atoms with E-state index in [1.165, 1.54) is 4.90 Å². The first kappa shape index (κ1) is 12.4. The van der Waals surface area contributed by atoms with Crippen molar-refractivity contribution >= 4 is 17.7 Å². The molecule has 0 aromatic carbocycles. The summed E-state index contributed by atoms with van der Waals surface area (Å²) in [6.07, 6.45) is 3.52. The van der Waals surface area contributed by atoms with Crippen molar-refractivity contribution in [3.05, 3.63) is 18.0 Å². The van der Waals surface area contributed by atoms with Crippen LogP contribution in [0.3, 0.4) is 0 Å². The van der Waals surface area contributed by atoms with Crippen LogP contribution in [0.25, 0.3) is 0 Å². The fourth-order valence-corrected chi connectivity index (χ4v) is 1.80. The van der Waals surface area contributed by atoms with E-state index in [1.807, 2.05) is 12.3 Å². The van der Waals surface area contributed by atoms with Crippen molar-refractivity contribution in [2.75, 3.05) is 19.3 Å². The monoisotopic (exact) mass is 239 g/mol. The standard InChI is InChI=1S/C9H13N5OS/c1-12-9(11)14(7-10)3-5-16-6-8-2-4-15-13-8/h2,4H,3,5-6H2,1H3,(H2,11,12). The zero-order chi connectivity index (χ0) is 11.8. The van der Waals surface area contributed by atoms with Gasteiger partial charge in [-0.15, -0.1) is 0 Å². The summed E-state index contributed by atoms with van der Waals surface area (Å²) < 4.78 is 4.70. The Labute approximate surface area is 98.1 Å². The first-order chi connectivity index (χ1) is 7.77. The summed E-state index contributed by atoms with van der Waals surface area (Å²) in [4.78, 5) is 5.11. The summed E-state index contributed by atoms with van der Waals surface area (Å²) in [5.74, 6) is 1.78. The highest BCUT2D eigenvalue weighted by Crippen LogP contribution is 2.09. The van der Waals surface area contributed by atoms with E-state index < -0.39 is 0 Å². The normalized spacial score (nSPS) is 11.1. The van der Waals surface area contributed by atoms with Crippen molar-refractivity contribution < 1.29 is 4.52 Å². The maximum atomic E-state index is 8.79. The van der Waals surface area contributed by atoms with E-state index in [0.29, 0.717) is 6.54 Å². The Morgan fingerprint density at radius 1 is 1.81 bits per heavy atom. The average molecular weight is 239 g/mol. The van der Waals surface area contributed by atoms with Gasteiger partial charge in [0.05, 0.1) is 5.69 Å². The van der Waals surface area contributed by atoms with Crippen molar-refractivity contribution in [2.24, 2.45) is 10.7 Å². The number of nitrogens with two attached hydrogens (primary N) is 1. The molecule has 6 nitrogen and oxygen atoms in total. The Morgan fingerprint density at radius 2 is 2.62 bits per heavy atom. The minimum absolute atomic E-state index is 0.240. The van der Waals surface area contributed by atoms with Crippen molar-refractivity contribution in [2.45, 2.75) is 5.75 Å². The first-order valence-electron chi connectivity index (χ1n) is 4.64. The van der Waals surface area contributed by atoms with Gasteiger partial charge in [-0.1, -0.05) is 5.16 Å². The van der Waals surface area contributed by atoms with E-state index in [0.717, 1.165) is 17.2 Å². The Morgan fingerprint density at radius 3 is 3.19 bits per heavy atom. The summed E-state index contributed by atoms with van der Waals surface area (Å²) in [5, 5.41) is 12.6. The number of nitriles is 1. The molecule has 2 N–H and O–H groups in total. The van der Waals surface area contributed by atoms with Crippen LogP contribution in [0, 0.1) is 11.5 Å². The van der Waals surface area contributed by atoms with Gasteiger partial charge in [0, 0.05) is 31.2 Å². The first-order valence-corrected chi connectivity index (χ1v) is 5.80. The molecule has 0 radical (unpaired) electrons. The molecule has 0 aliphatic rings. The quantitative estimate of drug-likeness (QED) is 0.266. The number of nitrogens with zero attached hydrogens (tertiary/aromatic N) is 4. The van der Waals surface area contributed by atoms with Crippen LogP contribution in [0.15, 0.2) is 21.8 Å². The molecular weight excluding hydrogens is 226 g/mol. The van der Waals surface area contributed by atoms with Gasteiger partial charge in [0.2, 0.25) is 5.96 Å². The number of aliphatic imine (C=N–C) groups is 1. The lowest BCUT2D eigenvalue weighted by atomic mass is 10.5. The fraction of sp³-hybridized carbons (Fsp3) is 0.444. The predicted molar refractivity (Wildman–Crippen MR) is 62.5 cm³/mol. The van der Waals surface area contributed by atoms with Crippen LogP contribution in [0.2, 0.25) is 0 Å². The van der Waals surface area contributed by atoms with Crippen LogP contribution in [-0.4, -0.2) is 35.4 Å². The van der Waals surface area contributed by atoms with Gasteiger partial charge in [0.15, 0.2) is 6.19 Å². The minimum Gasteiger partial charge on any atom is -0.369 e. The van der Waals surface area contributed by atoms with Gasteiger partial charge in [-0.05, 0) is 0 Å². The molecule has 1 aromatic heterocycles. The highest BCUT2D eigenvalue weighted by atomic mass is 32.2. The lowest BCUT2D eigenvalue weighted by Gasteiger charge is -2.12. The van der Waals surface area contributed by atoms with E-state index in [9.17, 15) is 0 Å². The highest BCUT2D eigenvalue weighted by Gasteiger charge is 2.05. The largest absolute Gasteiger partial charge is 0.369 e. The van der Waals surface area contributed by atoms with Crippen molar-refractivity contribution in [1.29, 1.82) is 5.26 Å². The molecule has 0 fully saturated rings. The SMILES string of the molecule is CN=C(N)N(C#N)CCSCc1ccon1. The molecule has 0 spiro atoms. The number of rotatable bonds is 5. The fourth-order valence-electron chi connectivity index (χ4n) is 0.981. The lowest BCUT2D eigenvalue weighted by molar-refractivity contribution is 0.414. The van der Waals surface area contributed by atoms with Crippen LogP contribution < -0.4 is 5.73 Å². The van der Waals surface area contributed by atoms with Crippen LogP contribution in [-0.2, 0) is 5.75 Å². The molecule has 1 heterocycles. The third-order valence-corrected chi connectivity index (χ3v) is 2.80. The Hall–Kier alpha value is -1.68. The number of thioether (sulfide) groups is 1. The van der Waals surface area contributed by atoms with Crippen molar-refractivity contribution in [3.63, 3.8) is 0 Å². The van der Waals surface area contributed by atoms with Crippen molar-refractivity contribution in [3.8, 4) is 6.19 Å². The molecule has 0 saturated heterocycles. The summed E-state index contributed by atoms with van der Waals surface area (Å²) in [6.45, 7) is 0.544. The summed E-state index contributed by atoms with van der Waals surface area (Å²) in [7, 11) is 1.56. The molecule has 7 heteroatoms. The second kappa shape index (κ2) is 6.74. The van der Waals surface area contributed by atoms with Gasteiger partial charge < -0.3 is 10.3 Å². The van der Waals surface area contributed by atoms with Gasteiger partial charge in [0.25, 0.3) is 0 Å². The van der Waals surface area contributed by atoms with E-state index in [-0.39, 0.29) is 5.96 Å². The molecule has 1 rings (SSSR count). The smallest absolute Gasteiger partial charge is 0.204 e. The van der Waals surface area contributed by atoms with Gasteiger partial charge in [-0.25, -0.2) is 4.90 Å². The zero-order valence-electron chi connectivity index (χ0n) is 8.96. The Bertz CT molecular complexity index is 370. The number of hydrogen-bond donors (Lipinski definition) is 1. The summed E-state index contributed by atoms with van der Waals surface area (Å²) in [5.41, 5.74) is 6.42. The molecule has 0 unspecified atom stereocenters.